The summed E-state index contributed by atoms with van der Waals surface area (Å²) in [7, 11) is 1.76. The first-order chi connectivity index (χ1) is 10.3. The second-order valence-electron chi connectivity index (χ2n) is 4.51. The van der Waals surface area contributed by atoms with Gasteiger partial charge in [0.15, 0.2) is 0 Å². The quantitative estimate of drug-likeness (QED) is 0.748. The molecule has 3 aromatic heterocycles. The van der Waals surface area contributed by atoms with E-state index >= 15 is 0 Å². The lowest BCUT2D eigenvalue weighted by Gasteiger charge is -2.04. The fourth-order valence-corrected chi connectivity index (χ4v) is 2.21. The zero-order valence-electron chi connectivity index (χ0n) is 11.9. The van der Waals surface area contributed by atoms with Crippen LogP contribution in [0, 0.1) is 0 Å². The van der Waals surface area contributed by atoms with Crippen LogP contribution in [0.25, 0.3) is 22.3 Å². The van der Waals surface area contributed by atoms with Crippen LogP contribution in [0.3, 0.4) is 0 Å². The summed E-state index contributed by atoms with van der Waals surface area (Å²) in [5.41, 5.74) is 5.24. The van der Waals surface area contributed by atoms with Crippen molar-refractivity contribution in [1.29, 1.82) is 0 Å². The van der Waals surface area contributed by atoms with Crippen molar-refractivity contribution < 1.29 is 0 Å². The molecule has 0 spiro atoms. The van der Waals surface area contributed by atoms with Gasteiger partial charge in [0.2, 0.25) is 0 Å². The van der Waals surface area contributed by atoms with Gasteiger partial charge < -0.3 is 0 Å². The van der Waals surface area contributed by atoms with Gasteiger partial charge in [0, 0.05) is 18.8 Å². The first-order valence-corrected chi connectivity index (χ1v) is 6.69. The average molecular weight is 277 g/mol. The third-order valence-corrected chi connectivity index (χ3v) is 3.19. The van der Waals surface area contributed by atoms with Crippen LogP contribution in [-0.2, 0) is 0 Å². The molecule has 3 rings (SSSR count). The van der Waals surface area contributed by atoms with Gasteiger partial charge in [0.1, 0.15) is 0 Å². The molecule has 0 saturated carbocycles. The number of pyridine rings is 2. The number of hydrogen-bond donors (Lipinski definition) is 1. The molecule has 0 atom stereocenters. The van der Waals surface area contributed by atoms with Gasteiger partial charge in [-0.3, -0.25) is 15.1 Å². The standard InChI is InChI=1S/C16H15N5/c1-3-5-15(17-2)16-11(10-19-21-16)12-7-8-13-14(20-12)6-4-9-18-13/h3-10H,1-2H3,(H,19,21)/b5-3-,17-15?. The lowest BCUT2D eigenvalue weighted by Crippen LogP contribution is -2.00. The Hall–Kier alpha value is -2.82. The molecule has 21 heavy (non-hydrogen) atoms. The van der Waals surface area contributed by atoms with E-state index in [1.165, 1.54) is 0 Å². The van der Waals surface area contributed by atoms with Crippen LogP contribution >= 0.6 is 0 Å². The molecular formula is C16H15N5. The molecule has 0 unspecified atom stereocenters. The maximum Gasteiger partial charge on any atom is 0.0923 e. The van der Waals surface area contributed by atoms with Gasteiger partial charge in [0.05, 0.1) is 34.3 Å². The van der Waals surface area contributed by atoms with Crippen molar-refractivity contribution in [3.8, 4) is 11.3 Å². The Kier molecular flexibility index (Phi) is 3.55. The Balaban J connectivity index is 2.13. The zero-order chi connectivity index (χ0) is 14.7. The fraction of sp³-hybridized carbons (Fsp3) is 0.125. The van der Waals surface area contributed by atoms with E-state index < -0.39 is 0 Å². The van der Waals surface area contributed by atoms with Crippen LogP contribution < -0.4 is 0 Å². The van der Waals surface area contributed by atoms with Gasteiger partial charge in [-0.05, 0) is 37.3 Å². The van der Waals surface area contributed by atoms with E-state index in [-0.39, 0.29) is 0 Å². The lowest BCUT2D eigenvalue weighted by molar-refractivity contribution is 1.08. The Morgan fingerprint density at radius 3 is 2.95 bits per heavy atom. The SMILES string of the molecule is C/C=C\C(=NC)c1[nH]ncc1-c1ccc2ncccc2n1. The Morgan fingerprint density at radius 2 is 2.14 bits per heavy atom. The Labute approximate surface area is 122 Å². The molecule has 0 aliphatic heterocycles. The molecule has 1 N–H and O–H groups in total. The normalized spacial score (nSPS) is 12.4. The second kappa shape index (κ2) is 5.66. The van der Waals surface area contributed by atoms with Crippen molar-refractivity contribution in [3.05, 3.63) is 54.5 Å². The van der Waals surface area contributed by atoms with E-state index in [1.807, 2.05) is 43.3 Å². The summed E-state index contributed by atoms with van der Waals surface area (Å²) < 4.78 is 0. The monoisotopic (exact) mass is 277 g/mol. The van der Waals surface area contributed by atoms with Crippen LogP contribution in [-0.4, -0.2) is 32.9 Å². The van der Waals surface area contributed by atoms with Gasteiger partial charge in [0.25, 0.3) is 0 Å². The number of nitrogens with zero attached hydrogens (tertiary/aromatic N) is 4. The summed E-state index contributed by atoms with van der Waals surface area (Å²) in [5.74, 6) is 0. The first kappa shape index (κ1) is 13.2. The molecule has 0 aliphatic rings. The first-order valence-electron chi connectivity index (χ1n) is 6.69. The molecule has 104 valence electrons. The highest BCUT2D eigenvalue weighted by molar-refractivity contribution is 6.11. The predicted octanol–water partition coefficient (Wildman–Crippen LogP) is 3.01. The van der Waals surface area contributed by atoms with E-state index in [0.29, 0.717) is 0 Å². The highest BCUT2D eigenvalue weighted by Crippen LogP contribution is 2.23. The van der Waals surface area contributed by atoms with E-state index in [1.54, 1.807) is 19.4 Å². The van der Waals surface area contributed by atoms with Crippen molar-refractivity contribution >= 4 is 16.7 Å². The molecule has 3 aromatic rings. The summed E-state index contributed by atoms with van der Waals surface area (Å²) in [4.78, 5) is 13.2. The number of fused-ring (bicyclic) bond motifs is 1. The van der Waals surface area contributed by atoms with E-state index in [2.05, 4.69) is 25.2 Å². The van der Waals surface area contributed by atoms with Crippen LogP contribution in [0.4, 0.5) is 0 Å². The fourth-order valence-electron chi connectivity index (χ4n) is 2.21. The summed E-state index contributed by atoms with van der Waals surface area (Å²) in [6.07, 6.45) is 7.43. The molecule has 0 saturated heterocycles. The average Bonchev–Trinajstić information content (AvgIpc) is 3.01. The number of aromatic amines is 1. The van der Waals surface area contributed by atoms with Gasteiger partial charge in [-0.2, -0.15) is 5.10 Å². The molecule has 3 heterocycles. The molecule has 0 aromatic carbocycles. The minimum atomic E-state index is 0.845. The maximum atomic E-state index is 4.65. The number of hydrogen-bond acceptors (Lipinski definition) is 4. The van der Waals surface area contributed by atoms with Gasteiger partial charge >= 0.3 is 0 Å². The van der Waals surface area contributed by atoms with Crippen LogP contribution in [0.15, 0.2) is 53.8 Å². The van der Waals surface area contributed by atoms with Crippen LogP contribution in [0.5, 0.6) is 0 Å². The minimum absolute atomic E-state index is 0.845. The van der Waals surface area contributed by atoms with Crippen molar-refractivity contribution in [2.45, 2.75) is 6.92 Å². The number of allylic oxidation sites excluding steroid dienone is 2. The molecule has 0 fully saturated rings. The summed E-state index contributed by atoms with van der Waals surface area (Å²) >= 11 is 0. The number of H-pyrrole nitrogens is 1. The molecule has 0 bridgehead atoms. The Morgan fingerprint density at radius 1 is 1.24 bits per heavy atom. The molecule has 5 heteroatoms. The summed E-state index contributed by atoms with van der Waals surface area (Å²) in [6.45, 7) is 1.96. The largest absolute Gasteiger partial charge is 0.286 e. The zero-order valence-corrected chi connectivity index (χ0v) is 11.9. The summed E-state index contributed by atoms with van der Waals surface area (Å²) in [5, 5.41) is 7.13. The topological polar surface area (TPSA) is 66.8 Å². The lowest BCUT2D eigenvalue weighted by atomic mass is 10.1. The van der Waals surface area contributed by atoms with Crippen molar-refractivity contribution in [1.82, 2.24) is 20.2 Å². The molecule has 0 radical (unpaired) electrons. The van der Waals surface area contributed by atoms with Gasteiger partial charge in [-0.15, -0.1) is 0 Å². The third kappa shape index (κ3) is 2.45. The molecule has 5 nitrogen and oxygen atoms in total. The van der Waals surface area contributed by atoms with Crippen LogP contribution in [0.1, 0.15) is 12.6 Å². The molecule has 0 aliphatic carbocycles. The molecule has 0 amide bonds. The van der Waals surface area contributed by atoms with Crippen molar-refractivity contribution in [2.24, 2.45) is 4.99 Å². The van der Waals surface area contributed by atoms with E-state index in [9.17, 15) is 0 Å². The van der Waals surface area contributed by atoms with E-state index in [0.717, 1.165) is 33.7 Å². The predicted molar refractivity (Wildman–Crippen MR) is 84.4 cm³/mol. The maximum absolute atomic E-state index is 4.65. The van der Waals surface area contributed by atoms with Gasteiger partial charge in [-0.1, -0.05) is 6.08 Å². The van der Waals surface area contributed by atoms with E-state index in [4.69, 9.17) is 0 Å². The summed E-state index contributed by atoms with van der Waals surface area (Å²) in [6, 6.07) is 7.75. The number of aliphatic imine (C=N–C) groups is 1. The van der Waals surface area contributed by atoms with Crippen molar-refractivity contribution in [3.63, 3.8) is 0 Å². The number of nitrogens with one attached hydrogen (secondary N) is 1. The smallest absolute Gasteiger partial charge is 0.0923 e. The molecular weight excluding hydrogens is 262 g/mol. The Bertz CT molecular complexity index is 829. The highest BCUT2D eigenvalue weighted by atomic mass is 15.1. The van der Waals surface area contributed by atoms with Crippen molar-refractivity contribution in [2.75, 3.05) is 7.05 Å². The van der Waals surface area contributed by atoms with Crippen LogP contribution in [0.2, 0.25) is 0 Å². The van der Waals surface area contributed by atoms with Gasteiger partial charge in [-0.25, -0.2) is 4.98 Å². The highest BCUT2D eigenvalue weighted by Gasteiger charge is 2.12. The minimum Gasteiger partial charge on any atom is -0.286 e. The number of aromatic nitrogens is 4. The number of rotatable bonds is 3. The second-order valence-corrected chi connectivity index (χ2v) is 4.51. The third-order valence-electron chi connectivity index (χ3n) is 3.19.